The molecule has 1 saturated heterocycles. The molecule has 1 spiro atoms. The van der Waals surface area contributed by atoms with E-state index < -0.39 is 0 Å². The summed E-state index contributed by atoms with van der Waals surface area (Å²) in [6.45, 7) is 9.59. The van der Waals surface area contributed by atoms with Crippen LogP contribution in [0.25, 0.3) is 0 Å². The van der Waals surface area contributed by atoms with E-state index >= 15 is 0 Å². The summed E-state index contributed by atoms with van der Waals surface area (Å²) in [7, 11) is 0. The third kappa shape index (κ3) is 4.46. The summed E-state index contributed by atoms with van der Waals surface area (Å²) in [5.41, 5.74) is 6.90. The van der Waals surface area contributed by atoms with Gasteiger partial charge in [0.15, 0.2) is 0 Å². The lowest BCUT2D eigenvalue weighted by Gasteiger charge is -2.39. The van der Waals surface area contributed by atoms with Crippen LogP contribution in [0.5, 0.6) is 0 Å². The van der Waals surface area contributed by atoms with Crippen molar-refractivity contribution in [3.05, 3.63) is 0 Å². The highest BCUT2D eigenvalue weighted by molar-refractivity contribution is 4.89. The molecule has 2 fully saturated rings. The molecule has 2 nitrogen and oxygen atoms in total. The van der Waals surface area contributed by atoms with Crippen LogP contribution in [0.15, 0.2) is 0 Å². The molecule has 0 radical (unpaired) electrons. The summed E-state index contributed by atoms with van der Waals surface area (Å²) in [5.74, 6) is 0. The normalized spacial score (nSPS) is 24.2. The van der Waals surface area contributed by atoms with Crippen LogP contribution in [-0.4, -0.2) is 31.1 Å². The lowest BCUT2D eigenvalue weighted by molar-refractivity contribution is 0.104. The van der Waals surface area contributed by atoms with Gasteiger partial charge in [0, 0.05) is 0 Å². The number of likely N-dealkylation sites (tertiary alicyclic amines) is 1. The minimum absolute atomic E-state index is 0.442. The molecule has 0 atom stereocenters. The zero-order valence-corrected chi connectivity index (χ0v) is 13.2. The second-order valence-corrected chi connectivity index (χ2v) is 7.86. The molecular weight excluding hydrogens is 232 g/mol. The Hall–Kier alpha value is -0.0800. The van der Waals surface area contributed by atoms with Crippen LogP contribution in [0.4, 0.5) is 0 Å². The van der Waals surface area contributed by atoms with Crippen molar-refractivity contribution < 1.29 is 0 Å². The Balaban J connectivity index is 1.63. The van der Waals surface area contributed by atoms with Gasteiger partial charge in [-0.15, -0.1) is 0 Å². The largest absolute Gasteiger partial charge is 0.330 e. The summed E-state index contributed by atoms with van der Waals surface area (Å²) in [6.07, 6.45) is 12.8. The van der Waals surface area contributed by atoms with Crippen molar-refractivity contribution in [1.29, 1.82) is 0 Å². The number of piperidine rings is 1. The molecule has 0 unspecified atom stereocenters. The van der Waals surface area contributed by atoms with E-state index in [1.165, 1.54) is 71.0 Å². The van der Waals surface area contributed by atoms with E-state index in [9.17, 15) is 0 Å². The van der Waals surface area contributed by atoms with Gasteiger partial charge in [0.25, 0.3) is 0 Å². The van der Waals surface area contributed by atoms with Gasteiger partial charge >= 0.3 is 0 Å². The van der Waals surface area contributed by atoms with E-state index in [4.69, 9.17) is 5.73 Å². The maximum Gasteiger partial charge on any atom is -0.00134 e. The molecule has 1 saturated carbocycles. The Labute approximate surface area is 120 Å². The maximum atomic E-state index is 5.69. The molecule has 0 aromatic rings. The summed E-state index contributed by atoms with van der Waals surface area (Å²) in [4.78, 5) is 2.71. The Morgan fingerprint density at radius 1 is 1.00 bits per heavy atom. The Morgan fingerprint density at radius 2 is 1.63 bits per heavy atom. The average molecular weight is 266 g/mol. The lowest BCUT2D eigenvalue weighted by Crippen LogP contribution is -2.39. The first-order valence-corrected chi connectivity index (χ1v) is 8.48. The molecule has 2 N–H and O–H groups in total. The molecule has 19 heavy (non-hydrogen) atoms. The van der Waals surface area contributed by atoms with Crippen molar-refractivity contribution in [2.75, 3.05) is 26.2 Å². The van der Waals surface area contributed by atoms with Crippen LogP contribution in [0.2, 0.25) is 0 Å². The standard InChI is InChI=1S/C17H34N2/c1-16(2,9-12-18)6-5-13-19-14-10-17(11-15-19)7-3-4-8-17/h3-15,18H2,1-2H3. The Kier molecular flexibility index (Phi) is 5.30. The van der Waals surface area contributed by atoms with Gasteiger partial charge in [-0.2, -0.15) is 0 Å². The van der Waals surface area contributed by atoms with Crippen LogP contribution < -0.4 is 5.73 Å². The SMILES string of the molecule is CC(C)(CCN)CCCN1CCC2(CCCC2)CC1. The Bertz CT molecular complexity index is 256. The van der Waals surface area contributed by atoms with Crippen molar-refractivity contribution in [3.63, 3.8) is 0 Å². The van der Waals surface area contributed by atoms with Crippen LogP contribution >= 0.6 is 0 Å². The van der Waals surface area contributed by atoms with Gasteiger partial charge in [-0.3, -0.25) is 0 Å². The monoisotopic (exact) mass is 266 g/mol. The summed E-state index contributed by atoms with van der Waals surface area (Å²) in [6, 6.07) is 0. The quantitative estimate of drug-likeness (QED) is 0.792. The minimum Gasteiger partial charge on any atom is -0.330 e. The van der Waals surface area contributed by atoms with Gasteiger partial charge in [-0.05, 0) is 82.0 Å². The fraction of sp³-hybridized carbons (Fsp3) is 1.00. The molecule has 0 aromatic carbocycles. The first-order chi connectivity index (χ1) is 9.05. The molecule has 1 aliphatic carbocycles. The smallest absolute Gasteiger partial charge is 0.00134 e. The number of hydrogen-bond acceptors (Lipinski definition) is 2. The minimum atomic E-state index is 0.442. The van der Waals surface area contributed by atoms with Gasteiger partial charge < -0.3 is 10.6 Å². The topological polar surface area (TPSA) is 29.3 Å². The third-order valence-electron chi connectivity index (χ3n) is 5.73. The zero-order chi connectivity index (χ0) is 13.8. The summed E-state index contributed by atoms with van der Waals surface area (Å²) >= 11 is 0. The van der Waals surface area contributed by atoms with Crippen molar-refractivity contribution in [2.24, 2.45) is 16.6 Å². The van der Waals surface area contributed by atoms with Crippen molar-refractivity contribution in [2.45, 2.75) is 71.6 Å². The molecule has 1 aliphatic heterocycles. The molecule has 0 bridgehead atoms. The molecule has 2 rings (SSSR count). The van der Waals surface area contributed by atoms with Crippen LogP contribution in [0.1, 0.15) is 71.6 Å². The van der Waals surface area contributed by atoms with Gasteiger partial charge in [-0.25, -0.2) is 0 Å². The van der Waals surface area contributed by atoms with E-state index in [0.717, 1.165) is 18.4 Å². The molecule has 2 aliphatic rings. The number of nitrogens with zero attached hydrogens (tertiary/aromatic N) is 1. The van der Waals surface area contributed by atoms with Gasteiger partial charge in [0.2, 0.25) is 0 Å². The average Bonchev–Trinajstić information content (AvgIpc) is 2.80. The predicted octanol–water partition coefficient (Wildman–Crippen LogP) is 3.80. The highest BCUT2D eigenvalue weighted by atomic mass is 15.1. The maximum absolute atomic E-state index is 5.69. The van der Waals surface area contributed by atoms with Crippen molar-refractivity contribution >= 4 is 0 Å². The number of nitrogens with two attached hydrogens (primary N) is 1. The highest BCUT2D eigenvalue weighted by Gasteiger charge is 2.36. The summed E-state index contributed by atoms with van der Waals surface area (Å²) < 4.78 is 0. The lowest BCUT2D eigenvalue weighted by atomic mass is 9.77. The van der Waals surface area contributed by atoms with Gasteiger partial charge in [0.1, 0.15) is 0 Å². The van der Waals surface area contributed by atoms with E-state index in [1.54, 1.807) is 0 Å². The molecule has 0 aromatic heterocycles. The first-order valence-electron chi connectivity index (χ1n) is 8.48. The second kappa shape index (κ2) is 6.58. The molecule has 1 heterocycles. The molecule has 2 heteroatoms. The summed E-state index contributed by atoms with van der Waals surface area (Å²) in [5, 5.41) is 0. The van der Waals surface area contributed by atoms with Gasteiger partial charge in [-0.1, -0.05) is 26.7 Å². The number of rotatable bonds is 6. The fourth-order valence-electron chi connectivity index (χ4n) is 4.17. The van der Waals surface area contributed by atoms with Crippen LogP contribution in [0.3, 0.4) is 0 Å². The number of hydrogen-bond donors (Lipinski definition) is 1. The van der Waals surface area contributed by atoms with Gasteiger partial charge in [0.05, 0.1) is 0 Å². The third-order valence-corrected chi connectivity index (χ3v) is 5.73. The fourth-order valence-corrected chi connectivity index (χ4v) is 4.17. The predicted molar refractivity (Wildman–Crippen MR) is 83.3 cm³/mol. The molecule has 112 valence electrons. The van der Waals surface area contributed by atoms with E-state index in [-0.39, 0.29) is 0 Å². The highest BCUT2D eigenvalue weighted by Crippen LogP contribution is 2.46. The van der Waals surface area contributed by atoms with E-state index in [1.807, 2.05) is 0 Å². The molecular formula is C17H34N2. The second-order valence-electron chi connectivity index (χ2n) is 7.86. The van der Waals surface area contributed by atoms with E-state index in [0.29, 0.717) is 5.41 Å². The first kappa shape index (κ1) is 15.3. The zero-order valence-electron chi connectivity index (χ0n) is 13.2. The van der Waals surface area contributed by atoms with E-state index in [2.05, 4.69) is 18.7 Å². The Morgan fingerprint density at radius 3 is 2.21 bits per heavy atom. The van der Waals surface area contributed by atoms with Crippen LogP contribution in [0, 0.1) is 10.8 Å². The molecule has 0 amide bonds. The van der Waals surface area contributed by atoms with Crippen molar-refractivity contribution in [1.82, 2.24) is 4.90 Å². The van der Waals surface area contributed by atoms with Crippen LogP contribution in [-0.2, 0) is 0 Å². The van der Waals surface area contributed by atoms with Crippen molar-refractivity contribution in [3.8, 4) is 0 Å².